The van der Waals surface area contributed by atoms with Crippen molar-refractivity contribution in [2.24, 2.45) is 10.9 Å². The molecule has 2 N–H and O–H groups in total. The van der Waals surface area contributed by atoms with E-state index in [1.54, 1.807) is 0 Å². The van der Waals surface area contributed by atoms with Gasteiger partial charge in [-0.05, 0) is 35.4 Å². The number of aliphatic imine (C=N–C) groups is 1. The zero-order valence-electron chi connectivity index (χ0n) is 14.7. The SMILES string of the molecule is CN=C(NCC(C)Cc1cccs1)NCC1Cc2ccccc2O1.I. The summed E-state index contributed by atoms with van der Waals surface area (Å²) < 4.78 is 5.95. The Balaban J connectivity index is 0.00000225. The van der Waals surface area contributed by atoms with Crippen molar-refractivity contribution in [2.45, 2.75) is 25.9 Å². The lowest BCUT2D eigenvalue weighted by Crippen LogP contribution is -2.43. The first-order valence-electron chi connectivity index (χ1n) is 8.46. The Labute approximate surface area is 171 Å². The second-order valence-electron chi connectivity index (χ2n) is 6.27. The third-order valence-electron chi connectivity index (χ3n) is 4.18. The third kappa shape index (κ3) is 5.88. The second kappa shape index (κ2) is 10.0. The molecule has 25 heavy (non-hydrogen) atoms. The highest BCUT2D eigenvalue weighted by Gasteiger charge is 2.22. The molecule has 0 bridgehead atoms. The molecule has 1 aromatic carbocycles. The van der Waals surface area contributed by atoms with Crippen molar-refractivity contribution >= 4 is 41.3 Å². The van der Waals surface area contributed by atoms with Crippen molar-refractivity contribution in [3.05, 3.63) is 52.2 Å². The maximum Gasteiger partial charge on any atom is 0.191 e. The first-order valence-corrected chi connectivity index (χ1v) is 9.34. The van der Waals surface area contributed by atoms with Crippen LogP contribution in [0.15, 0.2) is 46.8 Å². The van der Waals surface area contributed by atoms with E-state index in [0.29, 0.717) is 5.92 Å². The molecule has 0 aliphatic carbocycles. The van der Waals surface area contributed by atoms with Crippen LogP contribution in [0.3, 0.4) is 0 Å². The highest BCUT2D eigenvalue weighted by molar-refractivity contribution is 14.0. The number of hydrogen-bond donors (Lipinski definition) is 2. The van der Waals surface area contributed by atoms with Crippen LogP contribution in [0.25, 0.3) is 0 Å². The van der Waals surface area contributed by atoms with E-state index in [-0.39, 0.29) is 30.1 Å². The van der Waals surface area contributed by atoms with Gasteiger partial charge in [-0.2, -0.15) is 0 Å². The van der Waals surface area contributed by atoms with Gasteiger partial charge in [0, 0.05) is 24.9 Å². The van der Waals surface area contributed by atoms with Gasteiger partial charge in [0.25, 0.3) is 0 Å². The molecule has 2 heterocycles. The molecule has 2 unspecified atom stereocenters. The molecule has 0 radical (unpaired) electrons. The molecule has 0 spiro atoms. The standard InChI is InChI=1S/C19H25N3OS.HI/c1-14(10-17-7-5-9-24-17)12-21-19(20-2)22-13-16-11-15-6-3-4-8-18(15)23-16;/h3-9,14,16H,10-13H2,1-2H3,(H2,20,21,22);1H. The number of guanidine groups is 1. The van der Waals surface area contributed by atoms with Gasteiger partial charge in [-0.3, -0.25) is 4.99 Å². The number of thiophene rings is 1. The van der Waals surface area contributed by atoms with Crippen LogP contribution in [0.2, 0.25) is 0 Å². The lowest BCUT2D eigenvalue weighted by Gasteiger charge is -2.17. The van der Waals surface area contributed by atoms with Crippen LogP contribution in [0, 0.1) is 5.92 Å². The number of hydrogen-bond acceptors (Lipinski definition) is 3. The van der Waals surface area contributed by atoms with Crippen molar-refractivity contribution in [3.63, 3.8) is 0 Å². The van der Waals surface area contributed by atoms with Gasteiger partial charge in [0.2, 0.25) is 0 Å². The molecule has 1 aromatic heterocycles. The third-order valence-corrected chi connectivity index (χ3v) is 5.08. The quantitative estimate of drug-likeness (QED) is 0.384. The van der Waals surface area contributed by atoms with Crippen LogP contribution in [0.4, 0.5) is 0 Å². The van der Waals surface area contributed by atoms with Crippen molar-refractivity contribution in [1.29, 1.82) is 0 Å². The summed E-state index contributed by atoms with van der Waals surface area (Å²) in [5.41, 5.74) is 1.29. The molecule has 0 saturated carbocycles. The number of ether oxygens (including phenoxy) is 1. The number of para-hydroxylation sites is 1. The van der Waals surface area contributed by atoms with E-state index in [2.05, 4.69) is 52.2 Å². The average Bonchev–Trinajstić information content (AvgIpc) is 3.23. The van der Waals surface area contributed by atoms with Crippen molar-refractivity contribution in [1.82, 2.24) is 10.6 Å². The summed E-state index contributed by atoms with van der Waals surface area (Å²) in [6.07, 6.45) is 2.22. The molecule has 0 amide bonds. The monoisotopic (exact) mass is 471 g/mol. The molecule has 3 rings (SSSR count). The first-order chi connectivity index (χ1) is 11.7. The fraction of sp³-hybridized carbons (Fsp3) is 0.421. The van der Waals surface area contributed by atoms with Crippen LogP contribution >= 0.6 is 35.3 Å². The smallest absolute Gasteiger partial charge is 0.191 e. The van der Waals surface area contributed by atoms with E-state index in [9.17, 15) is 0 Å². The summed E-state index contributed by atoms with van der Waals surface area (Å²) in [6, 6.07) is 12.6. The van der Waals surface area contributed by atoms with Gasteiger partial charge >= 0.3 is 0 Å². The minimum absolute atomic E-state index is 0. The molecule has 4 nitrogen and oxygen atoms in total. The fourth-order valence-electron chi connectivity index (χ4n) is 2.91. The number of rotatable bonds is 6. The largest absolute Gasteiger partial charge is 0.488 e. The Morgan fingerprint density at radius 3 is 2.84 bits per heavy atom. The Morgan fingerprint density at radius 2 is 2.12 bits per heavy atom. The van der Waals surface area contributed by atoms with E-state index in [4.69, 9.17) is 4.74 Å². The summed E-state index contributed by atoms with van der Waals surface area (Å²) in [7, 11) is 1.81. The van der Waals surface area contributed by atoms with Crippen molar-refractivity contribution in [3.8, 4) is 5.75 Å². The van der Waals surface area contributed by atoms with Crippen LogP contribution in [0.1, 0.15) is 17.4 Å². The zero-order valence-corrected chi connectivity index (χ0v) is 17.8. The molecule has 2 atom stereocenters. The molecular formula is C19H26IN3OS. The normalized spacial score (nSPS) is 17.2. The molecule has 136 valence electrons. The van der Waals surface area contributed by atoms with Gasteiger partial charge in [-0.1, -0.05) is 31.2 Å². The topological polar surface area (TPSA) is 45.7 Å². The van der Waals surface area contributed by atoms with E-state index in [1.807, 2.05) is 30.5 Å². The van der Waals surface area contributed by atoms with Gasteiger partial charge in [-0.15, -0.1) is 35.3 Å². The van der Waals surface area contributed by atoms with Crippen LogP contribution in [-0.4, -0.2) is 32.2 Å². The highest BCUT2D eigenvalue weighted by Crippen LogP contribution is 2.27. The molecule has 1 aliphatic rings. The maximum absolute atomic E-state index is 5.95. The van der Waals surface area contributed by atoms with E-state index < -0.39 is 0 Å². The summed E-state index contributed by atoms with van der Waals surface area (Å²) in [5.74, 6) is 2.42. The van der Waals surface area contributed by atoms with Gasteiger partial charge in [0.05, 0.1) is 6.54 Å². The molecule has 6 heteroatoms. The highest BCUT2D eigenvalue weighted by atomic mass is 127. The predicted octanol–water partition coefficient (Wildman–Crippen LogP) is 3.71. The number of fused-ring (bicyclic) bond motifs is 1. The lowest BCUT2D eigenvalue weighted by atomic mass is 10.1. The molecule has 0 fully saturated rings. The van der Waals surface area contributed by atoms with E-state index >= 15 is 0 Å². The van der Waals surface area contributed by atoms with Gasteiger partial charge in [-0.25, -0.2) is 0 Å². The minimum Gasteiger partial charge on any atom is -0.488 e. The zero-order chi connectivity index (χ0) is 16.8. The van der Waals surface area contributed by atoms with Gasteiger partial charge < -0.3 is 15.4 Å². The predicted molar refractivity (Wildman–Crippen MR) is 117 cm³/mol. The van der Waals surface area contributed by atoms with E-state index in [0.717, 1.165) is 37.6 Å². The van der Waals surface area contributed by atoms with E-state index in [1.165, 1.54) is 10.4 Å². The number of nitrogens with zero attached hydrogens (tertiary/aromatic N) is 1. The Bertz CT molecular complexity index is 650. The van der Waals surface area contributed by atoms with Crippen LogP contribution in [0.5, 0.6) is 5.75 Å². The second-order valence-corrected chi connectivity index (χ2v) is 7.31. The van der Waals surface area contributed by atoms with Gasteiger partial charge in [0.15, 0.2) is 5.96 Å². The average molecular weight is 471 g/mol. The molecule has 2 aromatic rings. The van der Waals surface area contributed by atoms with Crippen molar-refractivity contribution < 1.29 is 4.74 Å². The lowest BCUT2D eigenvalue weighted by molar-refractivity contribution is 0.235. The number of nitrogens with one attached hydrogen (secondary N) is 2. The fourth-order valence-corrected chi connectivity index (χ4v) is 3.78. The molecular weight excluding hydrogens is 445 g/mol. The Morgan fingerprint density at radius 1 is 1.28 bits per heavy atom. The van der Waals surface area contributed by atoms with Crippen LogP contribution in [-0.2, 0) is 12.8 Å². The number of benzene rings is 1. The van der Waals surface area contributed by atoms with Crippen molar-refractivity contribution in [2.75, 3.05) is 20.1 Å². The Hall–Kier alpha value is -1.28. The summed E-state index contributed by atoms with van der Waals surface area (Å²) in [6.45, 7) is 3.92. The van der Waals surface area contributed by atoms with Gasteiger partial charge in [0.1, 0.15) is 11.9 Å². The summed E-state index contributed by atoms with van der Waals surface area (Å²) >= 11 is 1.82. The molecule has 0 saturated heterocycles. The molecule has 1 aliphatic heterocycles. The van der Waals surface area contributed by atoms with Crippen LogP contribution < -0.4 is 15.4 Å². The number of halogens is 1. The minimum atomic E-state index is 0. The summed E-state index contributed by atoms with van der Waals surface area (Å²) in [5, 5.41) is 8.93. The maximum atomic E-state index is 5.95. The summed E-state index contributed by atoms with van der Waals surface area (Å²) in [4.78, 5) is 5.74. The first kappa shape index (κ1) is 20.0. The Kier molecular flexibility index (Phi) is 8.02.